The van der Waals surface area contributed by atoms with Crippen molar-refractivity contribution < 1.29 is 5.11 Å². The third-order valence-electron chi connectivity index (χ3n) is 3.86. The van der Waals surface area contributed by atoms with Crippen LogP contribution in [0.2, 0.25) is 0 Å². The van der Waals surface area contributed by atoms with Crippen LogP contribution >= 0.6 is 0 Å². The molecule has 0 bridgehead atoms. The zero-order chi connectivity index (χ0) is 15.8. The van der Waals surface area contributed by atoms with Crippen LogP contribution in [0.3, 0.4) is 0 Å². The molecular weight excluding hydrogens is 270 g/mol. The molecule has 1 atom stereocenters. The summed E-state index contributed by atoms with van der Waals surface area (Å²) >= 11 is 0. The van der Waals surface area contributed by atoms with Gasteiger partial charge in [0.1, 0.15) is 5.75 Å². The maximum absolute atomic E-state index is 10.1. The molecule has 0 radical (unpaired) electrons. The quantitative estimate of drug-likeness (QED) is 0.529. The topological polar surface area (TPSA) is 32.6 Å². The molecule has 1 N–H and O–H groups in total. The van der Waals surface area contributed by atoms with E-state index in [9.17, 15) is 5.11 Å². The summed E-state index contributed by atoms with van der Waals surface area (Å²) in [5.74, 6) is 0.318. The molecule has 0 aromatic heterocycles. The molecule has 0 aliphatic carbocycles. The van der Waals surface area contributed by atoms with Crippen molar-refractivity contribution in [1.82, 2.24) is 0 Å². The Labute approximate surface area is 133 Å². The highest BCUT2D eigenvalue weighted by Gasteiger charge is 2.11. The summed E-state index contributed by atoms with van der Waals surface area (Å²) in [6, 6.07) is 17.9. The van der Waals surface area contributed by atoms with Crippen LogP contribution in [0.15, 0.2) is 59.6 Å². The van der Waals surface area contributed by atoms with E-state index in [2.05, 4.69) is 26.0 Å². The number of aromatic hydroxyl groups is 1. The maximum Gasteiger partial charge on any atom is 0.124 e. The van der Waals surface area contributed by atoms with Crippen molar-refractivity contribution in [3.8, 4) is 5.75 Å². The number of para-hydroxylation sites is 1. The average Bonchev–Trinajstić information content (AvgIpc) is 2.55. The molecule has 2 rings (SSSR count). The Bertz CT molecular complexity index is 604. The fourth-order valence-corrected chi connectivity index (χ4v) is 2.57. The Morgan fingerprint density at radius 1 is 1.00 bits per heavy atom. The van der Waals surface area contributed by atoms with E-state index in [1.165, 1.54) is 18.4 Å². The summed E-state index contributed by atoms with van der Waals surface area (Å²) in [5, 5.41) is 10.1. The van der Waals surface area contributed by atoms with E-state index in [1.54, 1.807) is 6.07 Å². The van der Waals surface area contributed by atoms with E-state index in [-0.39, 0.29) is 6.04 Å². The van der Waals surface area contributed by atoms with Crippen molar-refractivity contribution >= 4 is 5.71 Å². The van der Waals surface area contributed by atoms with Gasteiger partial charge in [-0.25, -0.2) is 0 Å². The first-order chi connectivity index (χ1) is 10.7. The van der Waals surface area contributed by atoms with Gasteiger partial charge in [-0.2, -0.15) is 0 Å². The number of aliphatic imine (C=N–C) groups is 1. The lowest BCUT2D eigenvalue weighted by atomic mass is 10.0. The first-order valence-corrected chi connectivity index (χ1v) is 8.12. The minimum Gasteiger partial charge on any atom is -0.507 e. The predicted molar refractivity (Wildman–Crippen MR) is 93.6 cm³/mol. The number of hydrogen-bond donors (Lipinski definition) is 1. The fourth-order valence-electron chi connectivity index (χ4n) is 2.57. The maximum atomic E-state index is 10.1. The van der Waals surface area contributed by atoms with Crippen LogP contribution in [-0.2, 0) is 0 Å². The molecule has 0 aliphatic rings. The van der Waals surface area contributed by atoms with E-state index >= 15 is 0 Å². The lowest BCUT2D eigenvalue weighted by molar-refractivity contribution is 0.474. The van der Waals surface area contributed by atoms with Gasteiger partial charge in [-0.3, -0.25) is 4.99 Å². The number of phenolic OH excluding ortho intramolecular Hbond substituents is 1. The molecule has 2 aromatic carbocycles. The van der Waals surface area contributed by atoms with Crippen LogP contribution in [-0.4, -0.2) is 10.8 Å². The lowest BCUT2D eigenvalue weighted by Gasteiger charge is -2.13. The molecule has 0 spiro atoms. The van der Waals surface area contributed by atoms with E-state index < -0.39 is 0 Å². The average molecular weight is 295 g/mol. The Kier molecular flexibility index (Phi) is 6.20. The molecule has 2 nitrogen and oxygen atoms in total. The van der Waals surface area contributed by atoms with Crippen molar-refractivity contribution in [2.24, 2.45) is 4.99 Å². The van der Waals surface area contributed by atoms with E-state index in [0.29, 0.717) is 5.75 Å². The van der Waals surface area contributed by atoms with Gasteiger partial charge in [0, 0.05) is 11.3 Å². The third-order valence-corrected chi connectivity index (χ3v) is 3.86. The molecule has 2 aromatic rings. The predicted octanol–water partition coefficient (Wildman–Crippen LogP) is 5.52. The highest BCUT2D eigenvalue weighted by Crippen LogP contribution is 2.24. The molecule has 22 heavy (non-hydrogen) atoms. The molecule has 0 fully saturated rings. The second kappa shape index (κ2) is 8.38. The summed E-state index contributed by atoms with van der Waals surface area (Å²) in [4.78, 5) is 4.91. The van der Waals surface area contributed by atoms with Gasteiger partial charge in [0.2, 0.25) is 0 Å². The number of hydrogen-bond acceptors (Lipinski definition) is 2. The normalized spacial score (nSPS) is 13.1. The second-order valence-electron chi connectivity index (χ2n) is 5.64. The van der Waals surface area contributed by atoms with Crippen LogP contribution in [0.5, 0.6) is 5.75 Å². The molecule has 0 unspecified atom stereocenters. The number of rotatable bonds is 7. The Morgan fingerprint density at radius 3 is 2.36 bits per heavy atom. The van der Waals surface area contributed by atoms with Crippen molar-refractivity contribution in [2.75, 3.05) is 0 Å². The van der Waals surface area contributed by atoms with Gasteiger partial charge in [-0.15, -0.1) is 0 Å². The number of nitrogens with zero attached hydrogens (tertiary/aromatic N) is 1. The van der Waals surface area contributed by atoms with Gasteiger partial charge in [0.25, 0.3) is 0 Å². The Hall–Kier alpha value is -2.09. The van der Waals surface area contributed by atoms with Crippen molar-refractivity contribution in [3.63, 3.8) is 0 Å². The van der Waals surface area contributed by atoms with Crippen molar-refractivity contribution in [3.05, 3.63) is 65.7 Å². The zero-order valence-electron chi connectivity index (χ0n) is 13.5. The smallest absolute Gasteiger partial charge is 0.124 e. The minimum atomic E-state index is 0.0948. The van der Waals surface area contributed by atoms with E-state index in [4.69, 9.17) is 4.99 Å². The number of phenols is 1. The third kappa shape index (κ3) is 4.45. The summed E-state index contributed by atoms with van der Waals surface area (Å²) in [5.41, 5.74) is 3.06. The summed E-state index contributed by atoms with van der Waals surface area (Å²) in [6.45, 7) is 4.30. The highest BCUT2D eigenvalue weighted by atomic mass is 16.3. The van der Waals surface area contributed by atoms with Crippen LogP contribution in [0.4, 0.5) is 0 Å². The molecule has 0 saturated carbocycles. The Balaban J connectivity index is 2.27. The Morgan fingerprint density at radius 2 is 1.68 bits per heavy atom. The number of unbranched alkanes of at least 4 members (excludes halogenated alkanes) is 2. The van der Waals surface area contributed by atoms with Crippen LogP contribution < -0.4 is 0 Å². The van der Waals surface area contributed by atoms with E-state index in [0.717, 1.165) is 24.1 Å². The van der Waals surface area contributed by atoms with Crippen LogP contribution in [0.25, 0.3) is 0 Å². The van der Waals surface area contributed by atoms with Crippen molar-refractivity contribution in [2.45, 2.75) is 45.6 Å². The SMILES string of the molecule is CCCCCC(=N[C@H](C)c1ccccc1)c1ccccc1O. The first-order valence-electron chi connectivity index (χ1n) is 8.12. The standard InChI is InChI=1S/C20H25NO/c1-3-4-6-14-19(18-13-9-10-15-20(18)22)21-16(2)17-11-7-5-8-12-17/h5,7-13,15-16,22H,3-4,6,14H2,1-2H3/t16-/m1/s1. The summed E-state index contributed by atoms with van der Waals surface area (Å²) in [7, 11) is 0. The summed E-state index contributed by atoms with van der Waals surface area (Å²) in [6.07, 6.45) is 4.38. The van der Waals surface area contributed by atoms with Gasteiger partial charge in [0.05, 0.1) is 6.04 Å². The van der Waals surface area contributed by atoms with Crippen molar-refractivity contribution in [1.29, 1.82) is 0 Å². The largest absolute Gasteiger partial charge is 0.507 e. The lowest BCUT2D eigenvalue weighted by Crippen LogP contribution is -2.04. The molecule has 116 valence electrons. The molecule has 0 amide bonds. The zero-order valence-corrected chi connectivity index (χ0v) is 13.5. The monoisotopic (exact) mass is 295 g/mol. The molecule has 2 heteroatoms. The van der Waals surface area contributed by atoms with Gasteiger partial charge >= 0.3 is 0 Å². The van der Waals surface area contributed by atoms with Gasteiger partial charge in [-0.05, 0) is 37.5 Å². The second-order valence-corrected chi connectivity index (χ2v) is 5.64. The molecular formula is C20H25NO. The number of benzene rings is 2. The summed E-state index contributed by atoms with van der Waals surface area (Å²) < 4.78 is 0. The molecule has 0 heterocycles. The van der Waals surface area contributed by atoms with E-state index in [1.807, 2.05) is 36.4 Å². The van der Waals surface area contributed by atoms with Gasteiger partial charge < -0.3 is 5.11 Å². The first kappa shape index (κ1) is 16.3. The molecule has 0 saturated heterocycles. The molecule has 0 aliphatic heterocycles. The highest BCUT2D eigenvalue weighted by molar-refractivity contribution is 6.02. The van der Waals surface area contributed by atoms with Gasteiger partial charge in [-0.1, -0.05) is 62.2 Å². The van der Waals surface area contributed by atoms with Crippen LogP contribution in [0.1, 0.15) is 56.7 Å². The minimum absolute atomic E-state index is 0.0948. The van der Waals surface area contributed by atoms with Crippen LogP contribution in [0, 0.1) is 0 Å². The van der Waals surface area contributed by atoms with Gasteiger partial charge in [0.15, 0.2) is 0 Å². The fraction of sp³-hybridized carbons (Fsp3) is 0.350.